The molecule has 0 aliphatic heterocycles. The molecule has 0 aliphatic rings. The molecule has 0 saturated carbocycles. The molecular formula is C13H18BrN5. The molecule has 0 aliphatic carbocycles. The van der Waals surface area contributed by atoms with Gasteiger partial charge in [0, 0.05) is 17.8 Å². The molecule has 1 aromatic carbocycles. The molecule has 2 aromatic rings. The van der Waals surface area contributed by atoms with E-state index in [4.69, 9.17) is 5.73 Å². The zero-order valence-electron chi connectivity index (χ0n) is 11.2. The Hall–Kier alpha value is -1.43. The molecule has 2 rings (SSSR count). The highest BCUT2D eigenvalue weighted by Crippen LogP contribution is 2.30. The molecule has 2 N–H and O–H groups in total. The van der Waals surface area contributed by atoms with E-state index in [-0.39, 0.29) is 0 Å². The number of hydrogen-bond acceptors (Lipinski definition) is 4. The maximum Gasteiger partial charge on any atom is 0.183 e. The van der Waals surface area contributed by atoms with Crippen molar-refractivity contribution in [2.45, 2.75) is 33.2 Å². The van der Waals surface area contributed by atoms with E-state index in [9.17, 15) is 0 Å². The maximum atomic E-state index is 5.89. The average molecular weight is 324 g/mol. The van der Waals surface area contributed by atoms with Crippen molar-refractivity contribution >= 4 is 21.6 Å². The quantitative estimate of drug-likeness (QED) is 0.858. The summed E-state index contributed by atoms with van der Waals surface area (Å²) in [5, 5.41) is 11.9. The van der Waals surface area contributed by atoms with E-state index >= 15 is 0 Å². The van der Waals surface area contributed by atoms with Crippen molar-refractivity contribution < 1.29 is 0 Å². The minimum atomic E-state index is 0.689. The summed E-state index contributed by atoms with van der Waals surface area (Å²) in [5.41, 5.74) is 7.51. The zero-order valence-corrected chi connectivity index (χ0v) is 12.8. The van der Waals surface area contributed by atoms with Crippen molar-refractivity contribution in [3.63, 3.8) is 0 Å². The fourth-order valence-corrected chi connectivity index (χ4v) is 2.36. The molecule has 102 valence electrons. The molecule has 0 radical (unpaired) electrons. The topological polar surface area (TPSA) is 69.6 Å². The normalized spacial score (nSPS) is 11.2. The van der Waals surface area contributed by atoms with Gasteiger partial charge in [0.2, 0.25) is 0 Å². The summed E-state index contributed by atoms with van der Waals surface area (Å²) < 4.78 is 2.68. The lowest BCUT2D eigenvalue weighted by molar-refractivity contribution is 0.485. The fourth-order valence-electron chi connectivity index (χ4n) is 1.92. The smallest absolute Gasteiger partial charge is 0.183 e. The average Bonchev–Trinajstić information content (AvgIpc) is 2.80. The molecule has 0 bridgehead atoms. The van der Waals surface area contributed by atoms with Crippen molar-refractivity contribution in [2.24, 2.45) is 5.92 Å². The number of anilines is 1. The third-order valence-corrected chi connectivity index (χ3v) is 3.84. The monoisotopic (exact) mass is 323 g/mol. The van der Waals surface area contributed by atoms with Crippen molar-refractivity contribution in [2.75, 3.05) is 5.73 Å². The van der Waals surface area contributed by atoms with Crippen LogP contribution in [0.2, 0.25) is 0 Å². The van der Waals surface area contributed by atoms with Gasteiger partial charge >= 0.3 is 0 Å². The van der Waals surface area contributed by atoms with Gasteiger partial charge in [0.05, 0.1) is 4.47 Å². The van der Waals surface area contributed by atoms with Crippen LogP contribution in [0.25, 0.3) is 11.4 Å². The van der Waals surface area contributed by atoms with Crippen LogP contribution in [-0.4, -0.2) is 20.2 Å². The van der Waals surface area contributed by atoms with E-state index < -0.39 is 0 Å². The molecule has 0 spiro atoms. The molecule has 1 heterocycles. The second-order valence-electron chi connectivity index (χ2n) is 4.97. The molecule has 0 amide bonds. The van der Waals surface area contributed by atoms with Crippen molar-refractivity contribution in [1.82, 2.24) is 20.2 Å². The summed E-state index contributed by atoms with van der Waals surface area (Å²) in [6.07, 6.45) is 2.23. The van der Waals surface area contributed by atoms with Crippen LogP contribution in [0, 0.1) is 5.92 Å². The number of nitrogens with zero attached hydrogens (tertiary/aromatic N) is 4. The highest BCUT2D eigenvalue weighted by Gasteiger charge is 2.13. The predicted octanol–water partition coefficient (Wildman–Crippen LogP) is 3.12. The van der Waals surface area contributed by atoms with Crippen molar-refractivity contribution in [1.29, 1.82) is 0 Å². The van der Waals surface area contributed by atoms with Gasteiger partial charge in [-0.15, -0.1) is 5.10 Å². The SMILES string of the molecule is CC(C)CCCn1nnnc1-c1cccc(N)c1Br. The first-order chi connectivity index (χ1) is 9.09. The largest absolute Gasteiger partial charge is 0.398 e. The maximum absolute atomic E-state index is 5.89. The van der Waals surface area contributed by atoms with Gasteiger partial charge in [-0.3, -0.25) is 0 Å². The Bertz CT molecular complexity index is 550. The Morgan fingerprint density at radius 3 is 2.89 bits per heavy atom. The first-order valence-corrected chi connectivity index (χ1v) is 7.19. The van der Waals surface area contributed by atoms with Gasteiger partial charge in [0.25, 0.3) is 0 Å². The highest BCUT2D eigenvalue weighted by molar-refractivity contribution is 9.10. The molecular weight excluding hydrogens is 306 g/mol. The van der Waals surface area contributed by atoms with Crippen LogP contribution < -0.4 is 5.73 Å². The minimum Gasteiger partial charge on any atom is -0.398 e. The summed E-state index contributed by atoms with van der Waals surface area (Å²) in [7, 11) is 0. The number of hydrogen-bond donors (Lipinski definition) is 1. The molecule has 0 saturated heterocycles. The number of nitrogens with two attached hydrogens (primary N) is 1. The lowest BCUT2D eigenvalue weighted by atomic mass is 10.1. The van der Waals surface area contributed by atoms with Gasteiger partial charge in [0.1, 0.15) is 0 Å². The van der Waals surface area contributed by atoms with E-state index in [0.29, 0.717) is 11.6 Å². The molecule has 0 fully saturated rings. The summed E-state index contributed by atoms with van der Waals surface area (Å²) in [6, 6.07) is 5.72. The van der Waals surface area contributed by atoms with E-state index in [0.717, 1.165) is 35.2 Å². The third kappa shape index (κ3) is 3.32. The Morgan fingerprint density at radius 1 is 1.37 bits per heavy atom. The third-order valence-electron chi connectivity index (χ3n) is 2.95. The lowest BCUT2D eigenvalue weighted by Gasteiger charge is -2.08. The van der Waals surface area contributed by atoms with Gasteiger partial charge in [-0.2, -0.15) is 0 Å². The highest BCUT2D eigenvalue weighted by atomic mass is 79.9. The fraction of sp³-hybridized carbons (Fsp3) is 0.462. The number of nitrogen functional groups attached to an aromatic ring is 1. The van der Waals surface area contributed by atoms with Gasteiger partial charge in [0.15, 0.2) is 5.82 Å². The number of aryl methyl sites for hydroxylation is 1. The Labute approximate surface area is 121 Å². The van der Waals surface area contributed by atoms with Crippen LogP contribution in [0.15, 0.2) is 22.7 Å². The minimum absolute atomic E-state index is 0.689. The van der Waals surface area contributed by atoms with Crippen LogP contribution in [-0.2, 0) is 6.54 Å². The first-order valence-electron chi connectivity index (χ1n) is 6.40. The van der Waals surface area contributed by atoms with E-state index in [2.05, 4.69) is 45.3 Å². The summed E-state index contributed by atoms with van der Waals surface area (Å²) >= 11 is 3.49. The van der Waals surface area contributed by atoms with E-state index in [1.807, 2.05) is 22.9 Å². The molecule has 6 heteroatoms. The number of rotatable bonds is 5. The van der Waals surface area contributed by atoms with E-state index in [1.54, 1.807) is 0 Å². The van der Waals surface area contributed by atoms with Crippen LogP contribution in [0.3, 0.4) is 0 Å². The standard InChI is InChI=1S/C13H18BrN5/c1-9(2)5-4-8-19-13(16-17-18-19)10-6-3-7-11(15)12(10)14/h3,6-7,9H,4-5,8,15H2,1-2H3. The summed E-state index contributed by atoms with van der Waals surface area (Å²) in [6.45, 7) is 5.26. The molecule has 1 aromatic heterocycles. The molecule has 5 nitrogen and oxygen atoms in total. The van der Waals surface area contributed by atoms with Gasteiger partial charge in [-0.05, 0) is 57.2 Å². The molecule has 0 unspecified atom stereocenters. The van der Waals surface area contributed by atoms with Crippen LogP contribution in [0.5, 0.6) is 0 Å². The predicted molar refractivity (Wildman–Crippen MR) is 79.4 cm³/mol. The number of benzene rings is 1. The van der Waals surface area contributed by atoms with Crippen LogP contribution in [0.1, 0.15) is 26.7 Å². The zero-order chi connectivity index (χ0) is 13.8. The Morgan fingerprint density at radius 2 is 2.16 bits per heavy atom. The Balaban J connectivity index is 2.21. The van der Waals surface area contributed by atoms with Crippen LogP contribution >= 0.6 is 15.9 Å². The van der Waals surface area contributed by atoms with E-state index in [1.165, 1.54) is 0 Å². The van der Waals surface area contributed by atoms with Crippen molar-refractivity contribution in [3.8, 4) is 11.4 Å². The number of halogens is 1. The van der Waals surface area contributed by atoms with Crippen molar-refractivity contribution in [3.05, 3.63) is 22.7 Å². The lowest BCUT2D eigenvalue weighted by Crippen LogP contribution is -2.05. The van der Waals surface area contributed by atoms with Crippen LogP contribution in [0.4, 0.5) is 5.69 Å². The second-order valence-corrected chi connectivity index (χ2v) is 5.76. The van der Waals surface area contributed by atoms with Gasteiger partial charge in [-0.25, -0.2) is 4.68 Å². The second kappa shape index (κ2) is 6.14. The van der Waals surface area contributed by atoms with Gasteiger partial charge < -0.3 is 5.73 Å². The molecule has 0 atom stereocenters. The summed E-state index contributed by atoms with van der Waals surface area (Å²) in [4.78, 5) is 0. The van der Waals surface area contributed by atoms with Gasteiger partial charge in [-0.1, -0.05) is 19.9 Å². The number of tetrazole rings is 1. The number of aromatic nitrogens is 4. The Kier molecular flexibility index (Phi) is 4.52. The first kappa shape index (κ1) is 14.0. The summed E-state index contributed by atoms with van der Waals surface area (Å²) in [5.74, 6) is 1.45. The molecule has 19 heavy (non-hydrogen) atoms.